The summed E-state index contributed by atoms with van der Waals surface area (Å²) >= 11 is 0. The number of rotatable bonds is 6. The minimum atomic E-state index is -4.23. The van der Waals surface area contributed by atoms with Crippen LogP contribution in [0.3, 0.4) is 0 Å². The summed E-state index contributed by atoms with van der Waals surface area (Å²) < 4.78 is 58.9. The highest BCUT2D eigenvalue weighted by Gasteiger charge is 2.41. The summed E-state index contributed by atoms with van der Waals surface area (Å²) in [5, 5.41) is 2.78. The van der Waals surface area contributed by atoms with Crippen molar-refractivity contribution in [3.05, 3.63) is 34.1 Å². The van der Waals surface area contributed by atoms with Gasteiger partial charge in [0.05, 0.1) is 24.1 Å². The van der Waals surface area contributed by atoms with Gasteiger partial charge in [-0.3, -0.25) is 14.4 Å². The number of fused-ring (bicyclic) bond motifs is 1. The molecule has 2 aromatic rings. The quantitative estimate of drug-likeness (QED) is 0.460. The normalized spacial score (nSPS) is 24.9. The maximum atomic E-state index is 13.6. The number of methoxy groups -OCH3 is 1. The van der Waals surface area contributed by atoms with Crippen LogP contribution < -0.4 is 15.5 Å². The fraction of sp³-hybridized carbons (Fsp3) is 0.600. The first-order valence-electron chi connectivity index (χ1n) is 12.2. The number of alkyl halides is 4. The molecule has 2 saturated carbocycles. The molecule has 1 N–H and O–H groups in total. The van der Waals surface area contributed by atoms with Crippen LogP contribution in [0.1, 0.15) is 61.7 Å². The molecule has 2 aromatic heterocycles. The lowest BCUT2D eigenvalue weighted by atomic mass is 9.83. The number of Topliss-reactive ketones (excluding diaryl/α,β-unsaturated/α-hetero) is 1. The smallest absolute Gasteiger partial charge is 0.391 e. The number of pyridine rings is 2. The van der Waals surface area contributed by atoms with Gasteiger partial charge in [0.2, 0.25) is 17.2 Å². The van der Waals surface area contributed by atoms with Gasteiger partial charge in [-0.25, -0.2) is 9.37 Å². The first kappa shape index (κ1) is 26.1. The van der Waals surface area contributed by atoms with E-state index >= 15 is 0 Å². The maximum absolute atomic E-state index is 13.6. The van der Waals surface area contributed by atoms with Crippen molar-refractivity contribution in [1.29, 1.82) is 0 Å². The van der Waals surface area contributed by atoms with Crippen LogP contribution in [0, 0.1) is 11.8 Å². The van der Waals surface area contributed by atoms with Crippen molar-refractivity contribution in [1.82, 2.24) is 14.9 Å². The van der Waals surface area contributed by atoms with E-state index in [9.17, 15) is 31.9 Å². The molecule has 0 atom stereocenters. The number of ether oxygens (including phenoxy) is 1. The van der Waals surface area contributed by atoms with Gasteiger partial charge >= 0.3 is 6.18 Å². The first-order valence-corrected chi connectivity index (χ1v) is 12.2. The molecule has 0 unspecified atom stereocenters. The summed E-state index contributed by atoms with van der Waals surface area (Å²) in [6.45, 7) is -0.249. The summed E-state index contributed by atoms with van der Waals surface area (Å²) in [7, 11) is 1.39. The highest BCUT2D eigenvalue weighted by atomic mass is 19.4. The highest BCUT2D eigenvalue weighted by Crippen LogP contribution is 2.37. The Morgan fingerprint density at radius 3 is 2.36 bits per heavy atom. The van der Waals surface area contributed by atoms with Crippen LogP contribution in [0.2, 0.25) is 0 Å². The molecule has 0 aromatic carbocycles. The van der Waals surface area contributed by atoms with Gasteiger partial charge in [0.1, 0.15) is 18.2 Å². The van der Waals surface area contributed by atoms with Crippen molar-refractivity contribution < 1.29 is 31.9 Å². The van der Waals surface area contributed by atoms with Crippen molar-refractivity contribution >= 4 is 22.7 Å². The summed E-state index contributed by atoms with van der Waals surface area (Å²) in [5.74, 6) is -2.52. The van der Waals surface area contributed by atoms with Crippen molar-refractivity contribution in [2.75, 3.05) is 7.11 Å². The lowest BCUT2D eigenvalue weighted by Crippen LogP contribution is -2.41. The summed E-state index contributed by atoms with van der Waals surface area (Å²) in [5.41, 5.74) is -0.416. The Bertz CT molecular complexity index is 1180. The van der Waals surface area contributed by atoms with Gasteiger partial charge in [-0.15, -0.1) is 0 Å². The van der Waals surface area contributed by atoms with Gasteiger partial charge < -0.3 is 14.6 Å². The number of hydrogen-bond donors (Lipinski definition) is 1. The van der Waals surface area contributed by atoms with Crippen LogP contribution in [0.15, 0.2) is 23.1 Å². The second kappa shape index (κ2) is 10.6. The van der Waals surface area contributed by atoms with Crippen LogP contribution in [0.4, 0.5) is 17.6 Å². The number of ketones is 1. The molecular formula is C25H29F4N3O4. The molecule has 36 heavy (non-hydrogen) atoms. The molecule has 1 amide bonds. The van der Waals surface area contributed by atoms with Crippen molar-refractivity contribution in [2.24, 2.45) is 11.8 Å². The average Bonchev–Trinajstić information content (AvgIpc) is 2.85. The molecular weight excluding hydrogens is 482 g/mol. The van der Waals surface area contributed by atoms with Gasteiger partial charge in [0, 0.05) is 24.2 Å². The molecule has 0 bridgehead atoms. The summed E-state index contributed by atoms with van der Waals surface area (Å²) in [4.78, 5) is 43.4. The predicted molar refractivity (Wildman–Crippen MR) is 124 cm³/mol. The Hall–Kier alpha value is -2.98. The summed E-state index contributed by atoms with van der Waals surface area (Å²) in [6.07, 6.45) is -2.31. The Kier molecular flexibility index (Phi) is 7.65. The lowest BCUT2D eigenvalue weighted by molar-refractivity contribution is -0.182. The van der Waals surface area contributed by atoms with E-state index in [2.05, 4.69) is 10.3 Å². The Morgan fingerprint density at radius 1 is 1.08 bits per heavy atom. The second-order valence-electron chi connectivity index (χ2n) is 9.69. The third kappa shape index (κ3) is 5.70. The number of amides is 1. The van der Waals surface area contributed by atoms with Crippen molar-refractivity contribution in [3.63, 3.8) is 0 Å². The maximum Gasteiger partial charge on any atom is 0.391 e. The number of nitrogens with one attached hydrogen (secondary N) is 1. The number of halogens is 4. The van der Waals surface area contributed by atoms with Gasteiger partial charge in [0.15, 0.2) is 5.78 Å². The third-order valence-electron chi connectivity index (χ3n) is 7.27. The molecule has 2 aliphatic carbocycles. The van der Waals surface area contributed by atoms with Crippen molar-refractivity contribution in [3.8, 4) is 5.88 Å². The van der Waals surface area contributed by atoms with E-state index in [0.717, 1.165) is 0 Å². The van der Waals surface area contributed by atoms with E-state index in [1.165, 1.54) is 23.9 Å². The summed E-state index contributed by atoms with van der Waals surface area (Å²) in [6, 6.07) is 2.71. The zero-order valence-electron chi connectivity index (χ0n) is 19.9. The lowest BCUT2D eigenvalue weighted by Gasteiger charge is -2.30. The van der Waals surface area contributed by atoms with E-state index in [-0.39, 0.29) is 68.1 Å². The number of nitrogens with zero attached hydrogens (tertiary/aromatic N) is 2. The molecule has 7 nitrogen and oxygen atoms in total. The highest BCUT2D eigenvalue weighted by molar-refractivity contribution is 6.00. The van der Waals surface area contributed by atoms with Crippen LogP contribution in [-0.2, 0) is 11.3 Å². The minimum Gasteiger partial charge on any atom is -0.481 e. The second-order valence-corrected chi connectivity index (χ2v) is 9.69. The van der Waals surface area contributed by atoms with Crippen molar-refractivity contribution in [2.45, 2.75) is 76.3 Å². The standard InChI is InChI=1S/C25H29F4N3O4/c1-36-21-11-10-19-22(31-21)24(35)18(23(34)14-2-6-16(26)7-3-14)12-32(19)13-20(33)30-17-8-4-15(5-9-17)25(27,28)29/h10-12,14-17H,2-9,13H2,1H3,(H,30,33). The van der Waals surface area contributed by atoms with E-state index in [0.29, 0.717) is 18.4 Å². The number of carbonyl (C=O) groups is 2. The van der Waals surface area contributed by atoms with Gasteiger partial charge in [-0.1, -0.05) is 0 Å². The van der Waals surface area contributed by atoms with E-state index in [1.807, 2.05) is 0 Å². The van der Waals surface area contributed by atoms with E-state index < -0.39 is 41.3 Å². The average molecular weight is 512 g/mol. The van der Waals surface area contributed by atoms with E-state index in [1.54, 1.807) is 6.07 Å². The largest absolute Gasteiger partial charge is 0.481 e. The molecule has 11 heteroatoms. The molecule has 2 aliphatic rings. The zero-order valence-corrected chi connectivity index (χ0v) is 19.9. The molecule has 196 valence electrons. The fourth-order valence-electron chi connectivity index (χ4n) is 5.19. The van der Waals surface area contributed by atoms with E-state index in [4.69, 9.17) is 4.74 Å². The molecule has 0 saturated heterocycles. The van der Waals surface area contributed by atoms with Gasteiger partial charge in [0.25, 0.3) is 0 Å². The molecule has 4 rings (SSSR count). The van der Waals surface area contributed by atoms with Crippen LogP contribution in [0.25, 0.3) is 11.0 Å². The molecule has 2 fully saturated rings. The monoisotopic (exact) mass is 511 g/mol. The van der Waals surface area contributed by atoms with Crippen LogP contribution in [0.5, 0.6) is 5.88 Å². The minimum absolute atomic E-state index is 0.0298. The molecule has 0 spiro atoms. The topological polar surface area (TPSA) is 90.3 Å². The van der Waals surface area contributed by atoms with Crippen LogP contribution >= 0.6 is 0 Å². The molecule has 0 radical (unpaired) electrons. The molecule has 0 aliphatic heterocycles. The third-order valence-corrected chi connectivity index (χ3v) is 7.27. The SMILES string of the molecule is COc1ccc2c(n1)c(=O)c(C(=O)C1CCC(F)CC1)cn2CC(=O)NC1CCC(C(F)(F)F)CC1. The fourth-order valence-corrected chi connectivity index (χ4v) is 5.19. The number of aromatic nitrogens is 2. The zero-order chi connectivity index (χ0) is 26.0. The van der Waals surface area contributed by atoms with Gasteiger partial charge in [-0.2, -0.15) is 13.2 Å². The Morgan fingerprint density at radius 2 is 1.75 bits per heavy atom. The Balaban J connectivity index is 1.57. The number of hydrogen-bond acceptors (Lipinski definition) is 5. The van der Waals surface area contributed by atoms with Gasteiger partial charge in [-0.05, 0) is 57.4 Å². The Labute approximate surface area is 205 Å². The first-order chi connectivity index (χ1) is 17.1. The number of carbonyl (C=O) groups excluding carboxylic acids is 2. The van der Waals surface area contributed by atoms with Crippen LogP contribution in [-0.4, -0.2) is 46.7 Å². The molecule has 2 heterocycles. The predicted octanol–water partition coefficient (Wildman–Crippen LogP) is 4.35.